The number of carbonyl (C=O) groups is 1. The van der Waals surface area contributed by atoms with Crippen molar-refractivity contribution in [1.29, 1.82) is 0 Å². The molecule has 30 heavy (non-hydrogen) atoms. The van der Waals surface area contributed by atoms with Crippen molar-refractivity contribution in [3.8, 4) is 11.5 Å². The molecule has 160 valence electrons. The van der Waals surface area contributed by atoms with E-state index in [4.69, 9.17) is 9.47 Å². The van der Waals surface area contributed by atoms with Crippen molar-refractivity contribution in [2.75, 3.05) is 20.2 Å². The van der Waals surface area contributed by atoms with Crippen LogP contribution in [0.15, 0.2) is 47.6 Å². The van der Waals surface area contributed by atoms with Gasteiger partial charge in [-0.05, 0) is 68.8 Å². The number of likely N-dealkylation sites (tertiary alicyclic amines) is 1. The Balaban J connectivity index is 1.67. The minimum atomic E-state index is -0.249. The van der Waals surface area contributed by atoms with E-state index in [1.165, 1.54) is 31.5 Å². The van der Waals surface area contributed by atoms with Gasteiger partial charge in [-0.15, -0.1) is 0 Å². The minimum Gasteiger partial charge on any atom is -0.496 e. The molecule has 0 unspecified atom stereocenters. The average molecular weight is 411 g/mol. The molecule has 1 fully saturated rings. The molecule has 6 heteroatoms. The molecule has 3 rings (SSSR count). The van der Waals surface area contributed by atoms with Gasteiger partial charge in [0.1, 0.15) is 18.0 Å². The molecule has 1 aliphatic rings. The molecule has 2 aromatic rings. The number of quaternary nitrogens is 1. The molecule has 6 nitrogen and oxygen atoms in total. The van der Waals surface area contributed by atoms with Gasteiger partial charge in [0.15, 0.2) is 0 Å². The largest absolute Gasteiger partial charge is 0.496 e. The number of benzene rings is 2. The molecule has 1 heterocycles. The summed E-state index contributed by atoms with van der Waals surface area (Å²) >= 11 is 0. The Morgan fingerprint density at radius 2 is 1.77 bits per heavy atom. The summed E-state index contributed by atoms with van der Waals surface area (Å²) in [6, 6.07) is 13.1. The fourth-order valence-corrected chi connectivity index (χ4v) is 3.68. The molecule has 1 aliphatic heterocycles. The molecule has 0 bridgehead atoms. The molecule has 2 aromatic carbocycles. The number of carbonyl (C=O) groups excluding carboxylic acids is 1. The predicted octanol–water partition coefficient (Wildman–Crippen LogP) is 2.82. The van der Waals surface area contributed by atoms with Crippen LogP contribution in [0.3, 0.4) is 0 Å². The topological polar surface area (TPSA) is 64.4 Å². The van der Waals surface area contributed by atoms with Crippen LogP contribution in [0, 0.1) is 0 Å². The number of hydrazone groups is 1. The van der Waals surface area contributed by atoms with Gasteiger partial charge in [0.05, 0.1) is 32.0 Å². The number of amides is 1. The first kappa shape index (κ1) is 21.8. The van der Waals surface area contributed by atoms with E-state index < -0.39 is 0 Å². The Labute approximate surface area is 178 Å². The van der Waals surface area contributed by atoms with E-state index in [9.17, 15) is 4.79 Å². The summed E-state index contributed by atoms with van der Waals surface area (Å²) in [4.78, 5) is 14.0. The van der Waals surface area contributed by atoms with Gasteiger partial charge in [0.2, 0.25) is 0 Å². The van der Waals surface area contributed by atoms with E-state index >= 15 is 0 Å². The zero-order valence-corrected chi connectivity index (χ0v) is 18.3. The van der Waals surface area contributed by atoms with Crippen molar-refractivity contribution in [3.63, 3.8) is 0 Å². The van der Waals surface area contributed by atoms with Crippen molar-refractivity contribution >= 4 is 11.6 Å². The van der Waals surface area contributed by atoms with Gasteiger partial charge in [-0.1, -0.05) is 0 Å². The summed E-state index contributed by atoms with van der Waals surface area (Å²) in [6.07, 6.45) is 2.67. The van der Waals surface area contributed by atoms with Crippen LogP contribution in [0.5, 0.6) is 11.5 Å². The maximum absolute atomic E-state index is 12.4. The van der Waals surface area contributed by atoms with Gasteiger partial charge < -0.3 is 14.4 Å². The van der Waals surface area contributed by atoms with E-state index in [2.05, 4.69) is 16.6 Å². The van der Waals surface area contributed by atoms with E-state index in [0.717, 1.165) is 29.3 Å². The molecular weight excluding hydrogens is 378 g/mol. The van der Waals surface area contributed by atoms with Gasteiger partial charge in [0, 0.05) is 24.0 Å². The van der Waals surface area contributed by atoms with Crippen LogP contribution in [-0.4, -0.2) is 37.9 Å². The van der Waals surface area contributed by atoms with Crippen molar-refractivity contribution in [2.45, 2.75) is 46.3 Å². The highest BCUT2D eigenvalue weighted by Gasteiger charge is 2.18. The van der Waals surface area contributed by atoms with Crippen LogP contribution in [0.4, 0.5) is 0 Å². The summed E-state index contributed by atoms with van der Waals surface area (Å²) < 4.78 is 11.2. The second kappa shape index (κ2) is 10.3. The Hall–Kier alpha value is -2.86. The molecule has 1 saturated heterocycles. The molecule has 0 radical (unpaired) electrons. The van der Waals surface area contributed by atoms with Crippen LogP contribution in [0.25, 0.3) is 0 Å². The summed E-state index contributed by atoms with van der Waals surface area (Å²) in [7, 11) is 1.70. The third-order valence-electron chi connectivity index (χ3n) is 5.26. The van der Waals surface area contributed by atoms with E-state index in [0.29, 0.717) is 5.56 Å². The van der Waals surface area contributed by atoms with E-state index in [-0.39, 0.29) is 12.0 Å². The van der Waals surface area contributed by atoms with E-state index in [1.807, 2.05) is 32.9 Å². The van der Waals surface area contributed by atoms with Crippen LogP contribution < -0.4 is 19.8 Å². The quantitative estimate of drug-likeness (QED) is 0.520. The van der Waals surface area contributed by atoms with Gasteiger partial charge >= 0.3 is 0 Å². The molecular formula is C24H32N3O3+. The van der Waals surface area contributed by atoms with Crippen LogP contribution >= 0.6 is 0 Å². The Morgan fingerprint density at radius 3 is 2.40 bits per heavy atom. The lowest BCUT2D eigenvalue weighted by Gasteiger charge is -2.15. The lowest BCUT2D eigenvalue weighted by molar-refractivity contribution is -0.901. The van der Waals surface area contributed by atoms with Crippen molar-refractivity contribution in [1.82, 2.24) is 5.43 Å². The Bertz CT molecular complexity index is 885. The van der Waals surface area contributed by atoms with Crippen molar-refractivity contribution < 1.29 is 19.2 Å². The van der Waals surface area contributed by atoms with Crippen LogP contribution in [0.2, 0.25) is 0 Å². The second-order valence-electron chi connectivity index (χ2n) is 7.99. The molecule has 2 N–H and O–H groups in total. The van der Waals surface area contributed by atoms with Gasteiger partial charge in [-0.25, -0.2) is 5.43 Å². The fraction of sp³-hybridized carbons (Fsp3) is 0.417. The normalized spacial score (nSPS) is 14.8. The highest BCUT2D eigenvalue weighted by Crippen LogP contribution is 2.20. The highest BCUT2D eigenvalue weighted by atomic mass is 16.5. The number of nitrogens with one attached hydrogen (secondary N) is 2. The minimum absolute atomic E-state index is 0.0957. The van der Waals surface area contributed by atoms with Gasteiger partial charge in [-0.3, -0.25) is 4.79 Å². The second-order valence-corrected chi connectivity index (χ2v) is 7.99. The maximum atomic E-state index is 12.4. The number of ether oxygens (including phenoxy) is 2. The van der Waals surface area contributed by atoms with E-state index in [1.54, 1.807) is 36.3 Å². The van der Waals surface area contributed by atoms with Gasteiger partial charge in [-0.2, -0.15) is 5.10 Å². The highest BCUT2D eigenvalue weighted by molar-refractivity contribution is 6.01. The number of hydrogen-bond donors (Lipinski definition) is 2. The Kier molecular flexibility index (Phi) is 7.46. The molecule has 0 aromatic heterocycles. The van der Waals surface area contributed by atoms with Crippen LogP contribution in [0.1, 0.15) is 55.1 Å². The fourth-order valence-electron chi connectivity index (χ4n) is 3.68. The van der Waals surface area contributed by atoms with Crippen molar-refractivity contribution in [3.05, 3.63) is 59.2 Å². The number of rotatable bonds is 8. The number of hydrogen-bond acceptors (Lipinski definition) is 4. The predicted molar refractivity (Wildman–Crippen MR) is 119 cm³/mol. The average Bonchev–Trinajstić information content (AvgIpc) is 3.25. The first-order valence-electron chi connectivity index (χ1n) is 10.6. The number of methoxy groups -OCH3 is 1. The van der Waals surface area contributed by atoms with Crippen molar-refractivity contribution in [2.24, 2.45) is 5.10 Å². The molecule has 1 amide bonds. The monoisotopic (exact) mass is 410 g/mol. The molecule has 0 spiro atoms. The number of nitrogens with zero attached hydrogens (tertiary/aromatic N) is 1. The van der Waals surface area contributed by atoms with Crippen LogP contribution in [-0.2, 0) is 6.54 Å². The molecule has 0 saturated carbocycles. The molecule has 0 aliphatic carbocycles. The summed E-state index contributed by atoms with van der Waals surface area (Å²) in [5.41, 5.74) is 6.09. The zero-order valence-electron chi connectivity index (χ0n) is 18.3. The lowest BCUT2D eigenvalue weighted by Crippen LogP contribution is -3.08. The third kappa shape index (κ3) is 5.83. The first-order valence-corrected chi connectivity index (χ1v) is 10.6. The standard InChI is InChI=1S/C24H31N3O3/c1-17(2)30-22-10-7-19(8-11-22)24(28)26-25-18(3)20-9-12-23(29-4)21(15-20)16-27-13-5-6-14-27/h7-12,15,17H,5-6,13-14,16H2,1-4H3,(H,26,28)/p+1/b25-18-. The third-order valence-corrected chi connectivity index (χ3v) is 5.26. The lowest BCUT2D eigenvalue weighted by atomic mass is 10.1. The first-order chi connectivity index (χ1) is 14.5. The zero-order chi connectivity index (χ0) is 21.5. The summed E-state index contributed by atoms with van der Waals surface area (Å²) in [6.45, 7) is 9.19. The maximum Gasteiger partial charge on any atom is 0.271 e. The summed E-state index contributed by atoms with van der Waals surface area (Å²) in [5.74, 6) is 1.39. The Morgan fingerprint density at radius 1 is 1.10 bits per heavy atom. The SMILES string of the molecule is COc1ccc(/C(C)=N\NC(=O)c2ccc(OC(C)C)cc2)cc1C[NH+]1CCCC1. The molecule has 0 atom stereocenters. The summed E-state index contributed by atoms with van der Waals surface area (Å²) in [5, 5.41) is 4.31. The van der Waals surface area contributed by atoms with Gasteiger partial charge in [0.25, 0.3) is 5.91 Å². The smallest absolute Gasteiger partial charge is 0.271 e.